The third kappa shape index (κ3) is 5.44. The quantitative estimate of drug-likeness (QED) is 0.540. The van der Waals surface area contributed by atoms with Crippen molar-refractivity contribution in [3.63, 3.8) is 0 Å². The second-order valence-corrected chi connectivity index (χ2v) is 4.79. The molecule has 0 fully saturated rings. The zero-order chi connectivity index (χ0) is 10.9. The average molecular weight is 224 g/mol. The summed E-state index contributed by atoms with van der Waals surface area (Å²) in [5, 5.41) is 0. The van der Waals surface area contributed by atoms with E-state index in [2.05, 4.69) is 6.92 Å². The first-order valence-corrected chi connectivity index (χ1v) is 6.76. The molecule has 0 saturated carbocycles. The van der Waals surface area contributed by atoms with Crippen LogP contribution in [0.3, 0.4) is 0 Å². The van der Waals surface area contributed by atoms with Gasteiger partial charge in [-0.1, -0.05) is 43.7 Å². The van der Waals surface area contributed by atoms with Crippen LogP contribution >= 0.6 is 8.03 Å². The van der Waals surface area contributed by atoms with Crippen molar-refractivity contribution in [1.29, 1.82) is 0 Å². The van der Waals surface area contributed by atoms with Crippen molar-refractivity contribution in [2.45, 2.75) is 19.8 Å². The van der Waals surface area contributed by atoms with Crippen LogP contribution in [0.2, 0.25) is 0 Å². The van der Waals surface area contributed by atoms with Crippen LogP contribution in [-0.4, -0.2) is 6.16 Å². The summed E-state index contributed by atoms with van der Waals surface area (Å²) in [7, 11) is -1.86. The molecule has 1 aromatic rings. The van der Waals surface area contributed by atoms with E-state index in [-0.39, 0.29) is 0 Å². The zero-order valence-corrected chi connectivity index (χ0v) is 9.98. The highest BCUT2D eigenvalue weighted by Gasteiger charge is 1.95. The molecule has 0 aliphatic heterocycles. The molecule has 82 valence electrons. The lowest BCUT2D eigenvalue weighted by atomic mass is 10.2. The van der Waals surface area contributed by atoms with Gasteiger partial charge < -0.3 is 4.52 Å². The topological polar surface area (TPSA) is 26.3 Å². The summed E-state index contributed by atoms with van der Waals surface area (Å²) in [6.45, 7) is 2.08. The van der Waals surface area contributed by atoms with Gasteiger partial charge in [-0.15, -0.1) is 0 Å². The summed E-state index contributed by atoms with van der Waals surface area (Å²) >= 11 is 0. The molecule has 1 aromatic carbocycles. The number of benzene rings is 1. The van der Waals surface area contributed by atoms with E-state index in [1.807, 2.05) is 36.4 Å². The lowest BCUT2D eigenvalue weighted by molar-refractivity contribution is 0.463. The molecule has 1 unspecified atom stereocenters. The molecule has 0 amide bonds. The second-order valence-electron chi connectivity index (χ2n) is 3.31. The van der Waals surface area contributed by atoms with Crippen molar-refractivity contribution in [1.82, 2.24) is 0 Å². The third-order valence-corrected chi connectivity index (χ3v) is 3.15. The number of unbranched alkanes of at least 4 members (excludes halogenated alkanes) is 1. The smallest absolute Gasteiger partial charge is 0.235 e. The highest BCUT2D eigenvalue weighted by atomic mass is 31.1. The van der Waals surface area contributed by atoms with E-state index in [0.717, 1.165) is 18.4 Å². The fourth-order valence-corrected chi connectivity index (χ4v) is 2.11. The van der Waals surface area contributed by atoms with E-state index in [9.17, 15) is 4.57 Å². The second kappa shape index (κ2) is 7.30. The Labute approximate surface area is 91.8 Å². The number of hydrogen-bond donors (Lipinski definition) is 0. The van der Waals surface area contributed by atoms with E-state index in [1.165, 1.54) is 6.26 Å². The highest BCUT2D eigenvalue weighted by Crippen LogP contribution is 2.24. The molecule has 3 heteroatoms. The van der Waals surface area contributed by atoms with Gasteiger partial charge in [0.25, 0.3) is 0 Å². The average Bonchev–Trinajstić information content (AvgIpc) is 2.28. The zero-order valence-electron chi connectivity index (χ0n) is 8.98. The fraction of sp³-hybridized carbons (Fsp3) is 0.333. The molecule has 0 aliphatic rings. The molecule has 1 rings (SSSR count). The van der Waals surface area contributed by atoms with Crippen molar-refractivity contribution >= 4 is 14.1 Å². The van der Waals surface area contributed by atoms with Crippen LogP contribution in [0, 0.1) is 0 Å². The van der Waals surface area contributed by atoms with E-state index >= 15 is 0 Å². The van der Waals surface area contributed by atoms with Crippen LogP contribution in [0.5, 0.6) is 0 Å². The first-order chi connectivity index (χ1) is 7.33. The maximum atomic E-state index is 11.3. The first kappa shape index (κ1) is 12.1. The monoisotopic (exact) mass is 224 g/mol. The lowest BCUT2D eigenvalue weighted by Gasteiger charge is -1.99. The Morgan fingerprint density at radius 1 is 1.33 bits per heavy atom. The van der Waals surface area contributed by atoms with Crippen LogP contribution < -0.4 is 0 Å². The maximum absolute atomic E-state index is 11.3. The van der Waals surface area contributed by atoms with Crippen molar-refractivity contribution in [3.05, 3.63) is 42.2 Å². The van der Waals surface area contributed by atoms with Gasteiger partial charge in [0.1, 0.15) is 0 Å². The van der Waals surface area contributed by atoms with Gasteiger partial charge in [-0.05, 0) is 18.1 Å². The van der Waals surface area contributed by atoms with E-state index in [1.54, 1.807) is 0 Å². The molecule has 2 nitrogen and oxygen atoms in total. The molecule has 0 spiro atoms. The highest BCUT2D eigenvalue weighted by molar-refractivity contribution is 7.39. The van der Waals surface area contributed by atoms with Crippen LogP contribution in [0.1, 0.15) is 25.3 Å². The minimum atomic E-state index is -1.86. The van der Waals surface area contributed by atoms with Gasteiger partial charge >= 0.3 is 0 Å². The van der Waals surface area contributed by atoms with Crippen molar-refractivity contribution in [2.75, 3.05) is 6.16 Å². The molecule has 0 aliphatic carbocycles. The van der Waals surface area contributed by atoms with Crippen molar-refractivity contribution in [3.8, 4) is 0 Å². The summed E-state index contributed by atoms with van der Waals surface area (Å²) in [5.41, 5.74) is 1.06. The molecule has 15 heavy (non-hydrogen) atoms. The Bertz CT molecular complexity index is 320. The molecule has 0 saturated heterocycles. The van der Waals surface area contributed by atoms with Crippen LogP contribution in [0.4, 0.5) is 0 Å². The summed E-state index contributed by atoms with van der Waals surface area (Å²) in [4.78, 5) is 0. The molecule has 0 bridgehead atoms. The summed E-state index contributed by atoms with van der Waals surface area (Å²) in [5.74, 6) is 0. The lowest BCUT2D eigenvalue weighted by Crippen LogP contribution is -1.78. The predicted molar refractivity (Wildman–Crippen MR) is 65.3 cm³/mol. The van der Waals surface area contributed by atoms with Gasteiger partial charge in [0.05, 0.1) is 6.26 Å². The van der Waals surface area contributed by atoms with Gasteiger partial charge in [0, 0.05) is 6.16 Å². The Morgan fingerprint density at radius 3 is 2.73 bits per heavy atom. The Kier molecular flexibility index (Phi) is 5.87. The molecule has 0 heterocycles. The largest absolute Gasteiger partial charge is 0.453 e. The summed E-state index contributed by atoms with van der Waals surface area (Å²) in [6, 6.07) is 9.83. The minimum Gasteiger partial charge on any atom is -0.453 e. The Hall–Kier alpha value is -1.01. The van der Waals surface area contributed by atoms with E-state index in [0.29, 0.717) is 6.16 Å². The minimum absolute atomic E-state index is 0.681. The van der Waals surface area contributed by atoms with Crippen LogP contribution in [-0.2, 0) is 9.09 Å². The molecule has 0 N–H and O–H groups in total. The SMILES string of the molecule is CCCC[PH](=O)OC=Cc1ccccc1. The van der Waals surface area contributed by atoms with Gasteiger partial charge in [0.2, 0.25) is 8.03 Å². The standard InChI is InChI=1S/C12H17O2P/c1-2-3-11-15(13)14-10-9-12-7-5-4-6-8-12/h4-10,15H,2-3,11H2,1H3. The van der Waals surface area contributed by atoms with Crippen LogP contribution in [0.15, 0.2) is 36.6 Å². The van der Waals surface area contributed by atoms with Gasteiger partial charge in [-0.2, -0.15) is 0 Å². The summed E-state index contributed by atoms with van der Waals surface area (Å²) in [6.07, 6.45) is 6.07. The molecule has 0 radical (unpaired) electrons. The molecular formula is C12H17O2P. The number of rotatable bonds is 6. The predicted octanol–water partition coefficient (Wildman–Crippen LogP) is 3.95. The van der Waals surface area contributed by atoms with E-state index < -0.39 is 8.03 Å². The van der Waals surface area contributed by atoms with Crippen LogP contribution in [0.25, 0.3) is 6.08 Å². The molecule has 0 aromatic heterocycles. The van der Waals surface area contributed by atoms with Gasteiger partial charge in [-0.3, -0.25) is 4.57 Å². The molecular weight excluding hydrogens is 207 g/mol. The third-order valence-electron chi connectivity index (χ3n) is 1.99. The first-order valence-electron chi connectivity index (χ1n) is 5.24. The van der Waals surface area contributed by atoms with Crippen molar-refractivity contribution in [2.24, 2.45) is 0 Å². The number of hydrogen-bond acceptors (Lipinski definition) is 2. The normalized spacial score (nSPS) is 12.9. The maximum Gasteiger partial charge on any atom is 0.235 e. The van der Waals surface area contributed by atoms with Crippen molar-refractivity contribution < 1.29 is 9.09 Å². The van der Waals surface area contributed by atoms with Gasteiger partial charge in [-0.25, -0.2) is 0 Å². The molecule has 1 atom stereocenters. The summed E-state index contributed by atoms with van der Waals surface area (Å²) < 4.78 is 16.4. The Balaban J connectivity index is 2.31. The van der Waals surface area contributed by atoms with Gasteiger partial charge in [0.15, 0.2) is 0 Å². The Morgan fingerprint density at radius 2 is 2.07 bits per heavy atom. The van der Waals surface area contributed by atoms with E-state index in [4.69, 9.17) is 4.52 Å². The fourth-order valence-electron chi connectivity index (χ4n) is 1.13.